The van der Waals surface area contributed by atoms with E-state index in [-0.39, 0.29) is 29.9 Å². The molecule has 0 aliphatic rings. The van der Waals surface area contributed by atoms with Gasteiger partial charge < -0.3 is 9.84 Å². The highest BCUT2D eigenvalue weighted by atomic mass is 16.6. The molecule has 1 atom stereocenters. The minimum absolute atomic E-state index is 0.120. The van der Waals surface area contributed by atoms with Gasteiger partial charge >= 0.3 is 5.69 Å². The molecule has 0 aliphatic heterocycles. The molecule has 2 aromatic heterocycles. The second-order valence-corrected chi connectivity index (χ2v) is 6.06. The molecule has 1 amide bonds. The number of carbonyl (C=O) groups is 1. The zero-order valence-corrected chi connectivity index (χ0v) is 15.0. The lowest BCUT2D eigenvalue weighted by Gasteiger charge is -2.17. The molecule has 0 fully saturated rings. The van der Waals surface area contributed by atoms with Crippen molar-refractivity contribution in [2.24, 2.45) is 0 Å². The van der Waals surface area contributed by atoms with E-state index in [9.17, 15) is 14.9 Å². The van der Waals surface area contributed by atoms with Crippen molar-refractivity contribution in [3.8, 4) is 0 Å². The van der Waals surface area contributed by atoms with Crippen molar-refractivity contribution in [1.82, 2.24) is 20.3 Å². The molecular formula is C18H19N5O4. The highest BCUT2D eigenvalue weighted by Gasteiger charge is 2.23. The van der Waals surface area contributed by atoms with Gasteiger partial charge in [-0.15, -0.1) is 0 Å². The van der Waals surface area contributed by atoms with Gasteiger partial charge in [-0.05, 0) is 18.9 Å². The Hall–Kier alpha value is -3.49. The van der Waals surface area contributed by atoms with Gasteiger partial charge in [0.1, 0.15) is 18.2 Å². The van der Waals surface area contributed by atoms with Gasteiger partial charge in [0.05, 0.1) is 17.5 Å². The number of nitrogens with zero attached hydrogens (tertiary/aromatic N) is 4. The van der Waals surface area contributed by atoms with E-state index in [0.29, 0.717) is 17.7 Å². The van der Waals surface area contributed by atoms with Crippen LogP contribution >= 0.6 is 0 Å². The maximum Gasteiger partial charge on any atom is 0.307 e. The quantitative estimate of drug-likeness (QED) is 0.505. The molecule has 1 unspecified atom stereocenters. The number of aryl methyl sites for hydroxylation is 1. The average molecular weight is 369 g/mol. The molecule has 27 heavy (non-hydrogen) atoms. The number of nitrogens with one attached hydrogen (secondary N) is 1. The van der Waals surface area contributed by atoms with E-state index in [2.05, 4.69) is 15.6 Å². The van der Waals surface area contributed by atoms with Crippen molar-refractivity contribution in [3.05, 3.63) is 75.4 Å². The summed E-state index contributed by atoms with van der Waals surface area (Å²) in [6, 6.07) is 9.49. The monoisotopic (exact) mass is 369 g/mol. The van der Waals surface area contributed by atoms with Crippen LogP contribution in [0, 0.1) is 17.0 Å². The number of amides is 1. The third kappa shape index (κ3) is 4.02. The number of hydrogen-bond acceptors (Lipinski definition) is 6. The van der Waals surface area contributed by atoms with Crippen LogP contribution in [0.2, 0.25) is 0 Å². The average Bonchev–Trinajstić information content (AvgIpc) is 3.28. The molecule has 140 valence electrons. The molecule has 0 spiro atoms. The summed E-state index contributed by atoms with van der Waals surface area (Å²) in [4.78, 5) is 23.0. The molecule has 3 rings (SSSR count). The van der Waals surface area contributed by atoms with Gasteiger partial charge in [-0.1, -0.05) is 42.4 Å². The second-order valence-electron chi connectivity index (χ2n) is 6.06. The summed E-state index contributed by atoms with van der Waals surface area (Å²) in [5, 5.41) is 21.6. The number of carbonyl (C=O) groups excluding carboxylic acids is 1. The maximum absolute atomic E-state index is 12.8. The fourth-order valence-corrected chi connectivity index (χ4v) is 2.78. The lowest BCUT2D eigenvalue weighted by Crippen LogP contribution is -2.29. The first-order valence-corrected chi connectivity index (χ1v) is 8.47. The SMILES string of the molecule is CCC(NC(=O)c1noc(C)c1Cn1cc([N+](=O)[O-])cn1)c1ccccc1. The summed E-state index contributed by atoms with van der Waals surface area (Å²) < 4.78 is 6.56. The Labute approximate surface area is 155 Å². The summed E-state index contributed by atoms with van der Waals surface area (Å²) in [7, 11) is 0. The Morgan fingerprint density at radius 3 is 2.74 bits per heavy atom. The van der Waals surface area contributed by atoms with Crippen molar-refractivity contribution in [2.75, 3.05) is 0 Å². The summed E-state index contributed by atoms with van der Waals surface area (Å²) in [6.07, 6.45) is 3.17. The molecular weight excluding hydrogens is 350 g/mol. The third-order valence-electron chi connectivity index (χ3n) is 4.27. The predicted octanol–water partition coefficient (Wildman–Crippen LogP) is 3.02. The number of hydrogen-bond donors (Lipinski definition) is 1. The Kier molecular flexibility index (Phi) is 5.30. The predicted molar refractivity (Wildman–Crippen MR) is 96.2 cm³/mol. The van der Waals surface area contributed by atoms with Gasteiger partial charge in [0.2, 0.25) is 0 Å². The molecule has 2 heterocycles. The van der Waals surface area contributed by atoms with Crippen LogP contribution in [-0.2, 0) is 6.54 Å². The standard InChI is InChI=1S/C18H19N5O4/c1-3-16(13-7-5-4-6-8-13)20-18(24)17-15(12(2)27-21-17)11-22-10-14(9-19-22)23(25)26/h4-10,16H,3,11H2,1-2H3,(H,20,24). The van der Waals surface area contributed by atoms with Gasteiger partial charge in [-0.2, -0.15) is 5.10 Å². The van der Waals surface area contributed by atoms with Crippen LogP contribution in [-0.4, -0.2) is 25.8 Å². The molecule has 3 aromatic rings. The van der Waals surface area contributed by atoms with Gasteiger partial charge in [0.25, 0.3) is 5.91 Å². The first-order chi connectivity index (χ1) is 13.0. The molecule has 0 radical (unpaired) electrons. The Bertz CT molecular complexity index is 948. The Morgan fingerprint density at radius 1 is 1.37 bits per heavy atom. The molecule has 9 nitrogen and oxygen atoms in total. The number of rotatable bonds is 7. The molecule has 1 aromatic carbocycles. The Morgan fingerprint density at radius 2 is 2.11 bits per heavy atom. The fraction of sp³-hybridized carbons (Fsp3) is 0.278. The third-order valence-corrected chi connectivity index (χ3v) is 4.27. The van der Waals surface area contributed by atoms with Gasteiger partial charge in [0, 0.05) is 5.56 Å². The first-order valence-electron chi connectivity index (χ1n) is 8.47. The Balaban J connectivity index is 1.80. The van der Waals surface area contributed by atoms with Gasteiger partial charge in [-0.3, -0.25) is 19.6 Å². The van der Waals surface area contributed by atoms with Crippen LogP contribution in [0.4, 0.5) is 5.69 Å². The fourth-order valence-electron chi connectivity index (χ4n) is 2.78. The number of aromatic nitrogens is 3. The highest BCUT2D eigenvalue weighted by Crippen LogP contribution is 2.20. The van der Waals surface area contributed by atoms with Crippen LogP contribution < -0.4 is 5.32 Å². The first kappa shape index (κ1) is 18.3. The lowest BCUT2D eigenvalue weighted by molar-refractivity contribution is -0.385. The topological polar surface area (TPSA) is 116 Å². The molecule has 9 heteroatoms. The van der Waals surface area contributed by atoms with E-state index in [4.69, 9.17) is 4.52 Å². The molecule has 1 N–H and O–H groups in total. The van der Waals surface area contributed by atoms with Crippen molar-refractivity contribution in [3.63, 3.8) is 0 Å². The van der Waals surface area contributed by atoms with Crippen LogP contribution in [0.1, 0.15) is 46.8 Å². The van der Waals surface area contributed by atoms with E-state index in [1.54, 1.807) is 6.92 Å². The second kappa shape index (κ2) is 7.81. The van der Waals surface area contributed by atoms with Crippen molar-refractivity contribution in [1.29, 1.82) is 0 Å². The lowest BCUT2D eigenvalue weighted by atomic mass is 10.0. The number of benzene rings is 1. The number of nitro groups is 1. The maximum atomic E-state index is 12.8. The van der Waals surface area contributed by atoms with Gasteiger partial charge in [-0.25, -0.2) is 0 Å². The normalized spacial score (nSPS) is 11.9. The van der Waals surface area contributed by atoms with Crippen LogP contribution in [0.25, 0.3) is 0 Å². The summed E-state index contributed by atoms with van der Waals surface area (Å²) in [5.74, 6) is 0.102. The van der Waals surface area contributed by atoms with Crippen molar-refractivity contribution in [2.45, 2.75) is 32.9 Å². The minimum atomic E-state index is -0.525. The zero-order valence-electron chi connectivity index (χ0n) is 15.0. The van der Waals surface area contributed by atoms with E-state index in [1.807, 2.05) is 37.3 Å². The summed E-state index contributed by atoms with van der Waals surface area (Å²) in [5.41, 5.74) is 1.57. The molecule has 0 bridgehead atoms. The summed E-state index contributed by atoms with van der Waals surface area (Å²) in [6.45, 7) is 3.81. The molecule has 0 saturated carbocycles. The largest absolute Gasteiger partial charge is 0.361 e. The minimum Gasteiger partial charge on any atom is -0.361 e. The highest BCUT2D eigenvalue weighted by molar-refractivity contribution is 5.94. The van der Waals surface area contributed by atoms with Crippen LogP contribution in [0.3, 0.4) is 0 Å². The van der Waals surface area contributed by atoms with E-state index in [0.717, 1.165) is 11.8 Å². The van der Waals surface area contributed by atoms with E-state index in [1.165, 1.54) is 10.9 Å². The van der Waals surface area contributed by atoms with Gasteiger partial charge in [0.15, 0.2) is 5.69 Å². The molecule has 0 aliphatic carbocycles. The van der Waals surface area contributed by atoms with Crippen LogP contribution in [0.15, 0.2) is 47.2 Å². The van der Waals surface area contributed by atoms with Crippen molar-refractivity contribution < 1.29 is 14.2 Å². The van der Waals surface area contributed by atoms with E-state index >= 15 is 0 Å². The van der Waals surface area contributed by atoms with Crippen molar-refractivity contribution >= 4 is 11.6 Å². The molecule has 0 saturated heterocycles. The zero-order chi connectivity index (χ0) is 19.4. The smallest absolute Gasteiger partial charge is 0.307 e. The summed E-state index contributed by atoms with van der Waals surface area (Å²) >= 11 is 0. The van der Waals surface area contributed by atoms with Crippen LogP contribution in [0.5, 0.6) is 0 Å². The van der Waals surface area contributed by atoms with E-state index < -0.39 is 4.92 Å².